The van der Waals surface area contributed by atoms with Gasteiger partial charge in [0.05, 0.1) is 12.5 Å². The molecule has 0 aliphatic rings. The fraction of sp³-hybridized carbons (Fsp3) is 0.500. The van der Waals surface area contributed by atoms with Crippen LogP contribution in [0.5, 0.6) is 0 Å². The summed E-state index contributed by atoms with van der Waals surface area (Å²) in [5.74, 6) is -0.913. The Bertz CT molecular complexity index is 437. The molecule has 1 rings (SSSR count). The summed E-state index contributed by atoms with van der Waals surface area (Å²) in [6.45, 7) is 3.80. The number of amides is 2. The van der Waals surface area contributed by atoms with Crippen molar-refractivity contribution < 1.29 is 14.7 Å². The number of hydrogen-bond donors (Lipinski definition) is 3. The third-order valence-electron chi connectivity index (χ3n) is 2.93. The van der Waals surface area contributed by atoms with Gasteiger partial charge in [-0.2, -0.15) is 0 Å². The molecule has 2 atom stereocenters. The number of carbonyl (C=O) groups excluding carboxylic acids is 1. The lowest BCUT2D eigenvalue weighted by molar-refractivity contribution is -0.137. The molecule has 6 heteroatoms. The molecule has 0 spiro atoms. The Morgan fingerprint density at radius 1 is 1.40 bits per heavy atom. The minimum atomic E-state index is -0.913. The molecule has 2 amide bonds. The van der Waals surface area contributed by atoms with Crippen molar-refractivity contribution in [3.05, 3.63) is 30.1 Å². The minimum absolute atomic E-state index is 0.0669. The molecule has 0 radical (unpaired) electrons. The first kappa shape index (κ1) is 15.9. The number of urea groups is 1. The molecule has 6 nitrogen and oxygen atoms in total. The first-order chi connectivity index (χ1) is 9.52. The Hall–Kier alpha value is -2.11. The summed E-state index contributed by atoms with van der Waals surface area (Å²) in [6, 6.07) is 2.78. The van der Waals surface area contributed by atoms with E-state index in [9.17, 15) is 9.59 Å². The first-order valence-corrected chi connectivity index (χ1v) is 6.71. The smallest absolute Gasteiger partial charge is 0.315 e. The standard InChI is InChI=1S/C14H21N3O3/c1-3-5-12(8-13(18)19)17-14(20)16-10(2)11-6-4-7-15-9-11/h4,6-7,9-10,12H,3,5,8H2,1-2H3,(H,18,19)(H2,16,17,20). The topological polar surface area (TPSA) is 91.3 Å². The maximum Gasteiger partial charge on any atom is 0.315 e. The van der Waals surface area contributed by atoms with Crippen LogP contribution in [0.25, 0.3) is 0 Å². The number of nitrogens with one attached hydrogen (secondary N) is 2. The molecule has 110 valence electrons. The largest absolute Gasteiger partial charge is 0.481 e. The van der Waals surface area contributed by atoms with Crippen molar-refractivity contribution in [1.29, 1.82) is 0 Å². The molecule has 1 aromatic rings. The molecule has 1 aromatic heterocycles. The van der Waals surface area contributed by atoms with E-state index in [0.717, 1.165) is 12.0 Å². The van der Waals surface area contributed by atoms with Gasteiger partial charge in [0.1, 0.15) is 0 Å². The number of pyridine rings is 1. The lowest BCUT2D eigenvalue weighted by Crippen LogP contribution is -2.43. The lowest BCUT2D eigenvalue weighted by Gasteiger charge is -2.19. The Morgan fingerprint density at radius 3 is 2.70 bits per heavy atom. The molecule has 0 saturated carbocycles. The number of carboxylic acid groups (broad SMARTS) is 1. The minimum Gasteiger partial charge on any atom is -0.481 e. The SMILES string of the molecule is CCCC(CC(=O)O)NC(=O)NC(C)c1cccnc1. The second-order valence-electron chi connectivity index (χ2n) is 4.71. The Labute approximate surface area is 118 Å². The average molecular weight is 279 g/mol. The van der Waals surface area contributed by atoms with Crippen LogP contribution in [-0.2, 0) is 4.79 Å². The second-order valence-corrected chi connectivity index (χ2v) is 4.71. The predicted octanol–water partition coefficient (Wildman–Crippen LogP) is 2.09. The summed E-state index contributed by atoms with van der Waals surface area (Å²) >= 11 is 0. The maximum atomic E-state index is 11.9. The molecular weight excluding hydrogens is 258 g/mol. The predicted molar refractivity (Wildman–Crippen MR) is 75.3 cm³/mol. The average Bonchev–Trinajstić information content (AvgIpc) is 2.39. The van der Waals surface area contributed by atoms with Crippen molar-refractivity contribution in [1.82, 2.24) is 15.6 Å². The molecule has 0 saturated heterocycles. The quantitative estimate of drug-likeness (QED) is 0.712. The van der Waals surface area contributed by atoms with Gasteiger partial charge in [-0.3, -0.25) is 9.78 Å². The fourth-order valence-electron chi connectivity index (χ4n) is 1.92. The van der Waals surface area contributed by atoms with Crippen LogP contribution >= 0.6 is 0 Å². The van der Waals surface area contributed by atoms with Gasteiger partial charge in [0.25, 0.3) is 0 Å². The van der Waals surface area contributed by atoms with E-state index in [1.165, 1.54) is 0 Å². The highest BCUT2D eigenvalue weighted by molar-refractivity contribution is 5.76. The van der Waals surface area contributed by atoms with Crippen molar-refractivity contribution in [3.8, 4) is 0 Å². The molecule has 20 heavy (non-hydrogen) atoms. The van der Waals surface area contributed by atoms with Gasteiger partial charge in [-0.1, -0.05) is 19.4 Å². The van der Waals surface area contributed by atoms with Gasteiger partial charge >= 0.3 is 12.0 Å². The van der Waals surface area contributed by atoms with Gasteiger partial charge in [0, 0.05) is 18.4 Å². The number of carboxylic acids is 1. The molecule has 0 fully saturated rings. The Kier molecular flexibility index (Phi) is 6.49. The van der Waals surface area contributed by atoms with E-state index in [2.05, 4.69) is 15.6 Å². The van der Waals surface area contributed by atoms with Gasteiger partial charge < -0.3 is 15.7 Å². The third kappa shape index (κ3) is 5.69. The second kappa shape index (κ2) is 8.14. The van der Waals surface area contributed by atoms with E-state index in [-0.39, 0.29) is 24.5 Å². The van der Waals surface area contributed by atoms with Gasteiger partial charge in [0.15, 0.2) is 0 Å². The Morgan fingerprint density at radius 2 is 2.15 bits per heavy atom. The fourth-order valence-corrected chi connectivity index (χ4v) is 1.92. The number of aromatic nitrogens is 1. The summed E-state index contributed by atoms with van der Waals surface area (Å²) in [5.41, 5.74) is 0.896. The van der Waals surface area contributed by atoms with E-state index >= 15 is 0 Å². The number of rotatable bonds is 7. The van der Waals surface area contributed by atoms with E-state index in [4.69, 9.17) is 5.11 Å². The summed E-state index contributed by atoms with van der Waals surface area (Å²) in [7, 11) is 0. The van der Waals surface area contributed by atoms with Crippen molar-refractivity contribution in [2.75, 3.05) is 0 Å². The van der Waals surface area contributed by atoms with Gasteiger partial charge in [-0.25, -0.2) is 4.79 Å². The van der Waals surface area contributed by atoms with E-state index in [1.54, 1.807) is 18.5 Å². The van der Waals surface area contributed by atoms with Crippen molar-refractivity contribution in [2.24, 2.45) is 0 Å². The molecule has 0 bridgehead atoms. The number of hydrogen-bond acceptors (Lipinski definition) is 3. The summed E-state index contributed by atoms with van der Waals surface area (Å²) < 4.78 is 0. The normalized spacial score (nSPS) is 13.3. The number of aliphatic carboxylic acids is 1. The molecule has 1 heterocycles. The molecule has 3 N–H and O–H groups in total. The lowest BCUT2D eigenvalue weighted by atomic mass is 10.1. The van der Waals surface area contributed by atoms with Crippen LogP contribution in [-0.4, -0.2) is 28.1 Å². The van der Waals surface area contributed by atoms with Crippen molar-refractivity contribution in [2.45, 2.75) is 45.2 Å². The zero-order valence-electron chi connectivity index (χ0n) is 11.8. The van der Waals surface area contributed by atoms with Crippen LogP contribution in [0.15, 0.2) is 24.5 Å². The van der Waals surface area contributed by atoms with Crippen LogP contribution in [0, 0.1) is 0 Å². The van der Waals surface area contributed by atoms with Gasteiger partial charge in [0.2, 0.25) is 0 Å². The summed E-state index contributed by atoms with van der Waals surface area (Å²) in [5, 5.41) is 14.3. The highest BCUT2D eigenvalue weighted by Gasteiger charge is 2.16. The van der Waals surface area contributed by atoms with E-state index < -0.39 is 5.97 Å². The molecule has 2 unspecified atom stereocenters. The number of carbonyl (C=O) groups is 2. The third-order valence-corrected chi connectivity index (χ3v) is 2.93. The highest BCUT2D eigenvalue weighted by Crippen LogP contribution is 2.09. The maximum absolute atomic E-state index is 11.9. The zero-order valence-corrected chi connectivity index (χ0v) is 11.8. The highest BCUT2D eigenvalue weighted by atomic mass is 16.4. The van der Waals surface area contributed by atoms with Crippen LogP contribution in [0.3, 0.4) is 0 Å². The van der Waals surface area contributed by atoms with Gasteiger partial charge in [-0.05, 0) is 25.0 Å². The summed E-state index contributed by atoms with van der Waals surface area (Å²) in [6.07, 6.45) is 4.74. The van der Waals surface area contributed by atoms with Crippen LogP contribution in [0.4, 0.5) is 4.79 Å². The van der Waals surface area contributed by atoms with Gasteiger partial charge in [-0.15, -0.1) is 0 Å². The van der Waals surface area contributed by atoms with Crippen LogP contribution in [0.2, 0.25) is 0 Å². The van der Waals surface area contributed by atoms with Crippen molar-refractivity contribution in [3.63, 3.8) is 0 Å². The molecule has 0 aliphatic carbocycles. The van der Waals surface area contributed by atoms with E-state index in [0.29, 0.717) is 6.42 Å². The van der Waals surface area contributed by atoms with Crippen molar-refractivity contribution >= 4 is 12.0 Å². The molecular formula is C14H21N3O3. The Balaban J connectivity index is 2.50. The zero-order chi connectivity index (χ0) is 15.0. The van der Waals surface area contributed by atoms with Crippen LogP contribution in [0.1, 0.15) is 44.7 Å². The molecule has 0 aliphatic heterocycles. The van der Waals surface area contributed by atoms with E-state index in [1.807, 2.05) is 19.9 Å². The molecule has 0 aromatic carbocycles. The number of nitrogens with zero attached hydrogens (tertiary/aromatic N) is 1. The summed E-state index contributed by atoms with van der Waals surface area (Å²) in [4.78, 5) is 26.6. The van der Waals surface area contributed by atoms with Crippen LogP contribution < -0.4 is 10.6 Å². The first-order valence-electron chi connectivity index (χ1n) is 6.71. The monoisotopic (exact) mass is 279 g/mol.